The van der Waals surface area contributed by atoms with Gasteiger partial charge in [0.15, 0.2) is 6.23 Å². The largest absolute Gasteiger partial charge is 0.446 e. The number of nitro groups is 1. The Morgan fingerprint density at radius 2 is 1.56 bits per heavy atom. The molecule has 3 aromatic carbocycles. The van der Waals surface area contributed by atoms with Gasteiger partial charge < -0.3 is 9.64 Å². The second-order valence-corrected chi connectivity index (χ2v) is 8.94. The first-order valence-electron chi connectivity index (χ1n) is 11.9. The van der Waals surface area contributed by atoms with Gasteiger partial charge in [-0.15, -0.1) is 0 Å². The molecule has 1 amide bonds. The summed E-state index contributed by atoms with van der Waals surface area (Å²) in [7, 11) is 0. The average Bonchev–Trinajstić information content (AvgIpc) is 3.28. The lowest BCUT2D eigenvalue weighted by atomic mass is 10.0. The smallest absolute Gasteiger partial charge is 0.304 e. The number of rotatable bonds is 9. The zero-order valence-electron chi connectivity index (χ0n) is 20.4. The fourth-order valence-electron chi connectivity index (χ4n) is 4.69. The van der Waals surface area contributed by atoms with Gasteiger partial charge in [0.25, 0.3) is 5.69 Å². The zero-order chi connectivity index (χ0) is 25.7. The number of ether oxygens (including phenoxy) is 1. The summed E-state index contributed by atoms with van der Waals surface area (Å²) in [5, 5.41) is 11.9. The zero-order valence-corrected chi connectivity index (χ0v) is 20.4. The first-order valence-corrected chi connectivity index (χ1v) is 11.9. The van der Waals surface area contributed by atoms with Gasteiger partial charge in [0, 0.05) is 46.0 Å². The highest BCUT2D eigenvalue weighted by Gasteiger charge is 2.32. The van der Waals surface area contributed by atoms with Gasteiger partial charge in [-0.3, -0.25) is 24.6 Å². The number of benzene rings is 3. The van der Waals surface area contributed by atoms with Crippen LogP contribution in [0.15, 0.2) is 72.8 Å². The highest BCUT2D eigenvalue weighted by Crippen LogP contribution is 2.38. The van der Waals surface area contributed by atoms with Crippen molar-refractivity contribution < 1.29 is 19.2 Å². The number of hydrogen-bond acceptors (Lipinski definition) is 6. The van der Waals surface area contributed by atoms with E-state index in [2.05, 4.69) is 4.90 Å². The molecule has 1 atom stereocenters. The van der Waals surface area contributed by atoms with Gasteiger partial charge in [0.2, 0.25) is 5.91 Å². The Labute approximate surface area is 210 Å². The van der Waals surface area contributed by atoms with Crippen LogP contribution in [0.5, 0.6) is 0 Å². The molecule has 36 heavy (non-hydrogen) atoms. The lowest BCUT2D eigenvalue weighted by Gasteiger charge is -2.31. The third-order valence-corrected chi connectivity index (χ3v) is 6.26. The van der Waals surface area contributed by atoms with Gasteiger partial charge in [-0.25, -0.2) is 0 Å². The molecule has 0 saturated heterocycles. The molecule has 0 aliphatic carbocycles. The van der Waals surface area contributed by atoms with E-state index >= 15 is 0 Å². The second kappa shape index (κ2) is 11.1. The number of nitro benzene ring substituents is 1. The molecule has 0 aromatic heterocycles. The average molecular weight is 488 g/mol. The predicted octanol–water partition coefficient (Wildman–Crippen LogP) is 4.64. The van der Waals surface area contributed by atoms with Crippen molar-refractivity contribution in [2.45, 2.75) is 46.0 Å². The van der Waals surface area contributed by atoms with Crippen molar-refractivity contribution >= 4 is 23.3 Å². The molecular weight excluding hydrogens is 458 g/mol. The van der Waals surface area contributed by atoms with Crippen molar-refractivity contribution in [1.29, 1.82) is 0 Å². The normalized spacial score (nSPS) is 13.4. The Morgan fingerprint density at radius 3 is 2.06 bits per heavy atom. The number of carbonyl (C=O) groups excluding carboxylic acids is 2. The van der Waals surface area contributed by atoms with Gasteiger partial charge in [0.1, 0.15) is 5.69 Å². The number of amides is 1. The number of carbonyl (C=O) groups is 2. The van der Waals surface area contributed by atoms with Crippen LogP contribution in [0.25, 0.3) is 0 Å². The van der Waals surface area contributed by atoms with Gasteiger partial charge in [-0.2, -0.15) is 0 Å². The highest BCUT2D eigenvalue weighted by atomic mass is 16.6. The van der Waals surface area contributed by atoms with E-state index in [9.17, 15) is 19.7 Å². The van der Waals surface area contributed by atoms with Crippen LogP contribution in [0.4, 0.5) is 11.4 Å². The molecule has 1 heterocycles. The van der Waals surface area contributed by atoms with Gasteiger partial charge in [0.05, 0.1) is 4.92 Å². The minimum Gasteiger partial charge on any atom is -0.446 e. The van der Waals surface area contributed by atoms with E-state index in [0.717, 1.165) is 16.7 Å². The summed E-state index contributed by atoms with van der Waals surface area (Å²) < 4.78 is 5.79. The molecule has 0 spiro atoms. The van der Waals surface area contributed by atoms with Crippen molar-refractivity contribution in [1.82, 2.24) is 4.90 Å². The molecule has 1 aliphatic rings. The van der Waals surface area contributed by atoms with Gasteiger partial charge >= 0.3 is 5.97 Å². The Morgan fingerprint density at radius 1 is 0.972 bits per heavy atom. The van der Waals surface area contributed by atoms with E-state index < -0.39 is 17.1 Å². The topological polar surface area (TPSA) is 93.0 Å². The summed E-state index contributed by atoms with van der Waals surface area (Å²) in [6.45, 7) is 4.24. The second-order valence-electron chi connectivity index (χ2n) is 8.94. The molecule has 4 rings (SSSR count). The van der Waals surface area contributed by atoms with Gasteiger partial charge in [-0.1, -0.05) is 66.7 Å². The van der Waals surface area contributed by atoms with Gasteiger partial charge in [-0.05, 0) is 28.7 Å². The number of fused-ring (bicyclic) bond motifs is 1. The minimum absolute atomic E-state index is 0.102. The van der Waals surface area contributed by atoms with E-state index in [0.29, 0.717) is 37.3 Å². The van der Waals surface area contributed by atoms with Crippen molar-refractivity contribution in [3.63, 3.8) is 0 Å². The number of esters is 1. The lowest BCUT2D eigenvalue weighted by Crippen LogP contribution is -2.39. The first-order chi connectivity index (χ1) is 17.3. The number of nitrogens with zero attached hydrogens (tertiary/aromatic N) is 3. The van der Waals surface area contributed by atoms with Crippen LogP contribution in [-0.4, -0.2) is 34.5 Å². The van der Waals surface area contributed by atoms with E-state index in [1.807, 2.05) is 66.7 Å². The van der Waals surface area contributed by atoms with Crippen LogP contribution in [0, 0.1) is 10.1 Å². The summed E-state index contributed by atoms with van der Waals surface area (Å²) in [6, 6.07) is 23.2. The molecule has 0 bridgehead atoms. The maximum absolute atomic E-state index is 12.1. The van der Waals surface area contributed by atoms with Crippen LogP contribution in [-0.2, 0) is 40.3 Å². The summed E-state index contributed by atoms with van der Waals surface area (Å²) >= 11 is 0. The number of anilines is 1. The van der Waals surface area contributed by atoms with E-state index in [4.69, 9.17) is 4.74 Å². The van der Waals surface area contributed by atoms with Crippen LogP contribution in [0.1, 0.15) is 36.1 Å². The van der Waals surface area contributed by atoms with Crippen molar-refractivity contribution in [2.24, 2.45) is 0 Å². The maximum Gasteiger partial charge on any atom is 0.304 e. The summed E-state index contributed by atoms with van der Waals surface area (Å²) in [5.41, 5.74) is 3.82. The highest BCUT2D eigenvalue weighted by molar-refractivity contribution is 5.96. The Balaban J connectivity index is 1.70. The molecule has 0 saturated carbocycles. The molecule has 0 N–H and O–H groups in total. The third kappa shape index (κ3) is 5.95. The fourth-order valence-corrected chi connectivity index (χ4v) is 4.69. The molecule has 186 valence electrons. The summed E-state index contributed by atoms with van der Waals surface area (Å²) in [5.74, 6) is -0.649. The summed E-state index contributed by atoms with van der Waals surface area (Å²) in [4.78, 5) is 39.2. The maximum atomic E-state index is 12.1. The molecule has 0 fully saturated rings. The Bertz CT molecular complexity index is 1210. The Hall–Kier alpha value is -4.04. The molecular formula is C28H29N3O5. The Kier molecular flexibility index (Phi) is 7.75. The van der Waals surface area contributed by atoms with Crippen molar-refractivity contribution in [2.75, 3.05) is 11.4 Å². The fraction of sp³-hybridized carbons (Fsp3) is 0.286. The number of hydrogen-bond donors (Lipinski definition) is 0. The van der Waals surface area contributed by atoms with E-state index in [1.54, 1.807) is 0 Å². The van der Waals surface area contributed by atoms with Crippen LogP contribution < -0.4 is 4.90 Å². The monoisotopic (exact) mass is 487 g/mol. The third-order valence-electron chi connectivity index (χ3n) is 6.26. The quantitative estimate of drug-likeness (QED) is 0.189. The minimum atomic E-state index is -0.647. The van der Waals surface area contributed by atoms with E-state index in [1.165, 1.54) is 24.8 Å². The predicted molar refractivity (Wildman–Crippen MR) is 136 cm³/mol. The molecule has 1 unspecified atom stereocenters. The molecule has 3 aromatic rings. The lowest BCUT2D eigenvalue weighted by molar-refractivity contribution is -0.384. The van der Waals surface area contributed by atoms with Crippen LogP contribution in [0.3, 0.4) is 0 Å². The van der Waals surface area contributed by atoms with Crippen molar-refractivity contribution in [3.05, 3.63) is 105 Å². The van der Waals surface area contributed by atoms with Crippen LogP contribution >= 0.6 is 0 Å². The van der Waals surface area contributed by atoms with E-state index in [-0.39, 0.29) is 18.0 Å². The SMILES string of the molecule is CC(=O)OC(Cc1cc2c(c([N+](=O)[O-])c1)N(C(C)=O)CC2)N(Cc1ccccc1)Cc1ccccc1. The molecule has 0 radical (unpaired) electrons. The molecule has 8 heteroatoms. The standard InChI is InChI=1S/C28H29N3O5/c1-20(32)30-14-13-25-15-24(16-26(28(25)30)31(34)35)17-27(36-21(2)33)29(18-22-9-5-3-6-10-22)19-23-11-7-4-8-12-23/h3-12,15-16,27H,13-14,17-19H2,1-2H3. The molecule has 8 nitrogen and oxygen atoms in total. The summed E-state index contributed by atoms with van der Waals surface area (Å²) in [6.07, 6.45) is 0.165. The first kappa shape index (κ1) is 25.1. The van der Waals surface area contributed by atoms with Crippen molar-refractivity contribution in [3.8, 4) is 0 Å². The molecule has 1 aliphatic heterocycles. The van der Waals surface area contributed by atoms with Crippen LogP contribution in [0.2, 0.25) is 0 Å².